The minimum Gasteiger partial charge on any atom is -0.486 e. The lowest BCUT2D eigenvalue weighted by Gasteiger charge is -2.10. The van der Waals surface area contributed by atoms with Crippen LogP contribution in [0, 0.1) is 5.82 Å². The van der Waals surface area contributed by atoms with Gasteiger partial charge in [-0.2, -0.15) is 0 Å². The maximum atomic E-state index is 13.3. The van der Waals surface area contributed by atoms with Crippen molar-refractivity contribution < 1.29 is 9.13 Å². The van der Waals surface area contributed by atoms with Crippen LogP contribution in [0.25, 0.3) is 0 Å². The molecule has 0 unspecified atom stereocenters. The summed E-state index contributed by atoms with van der Waals surface area (Å²) in [5.41, 5.74) is 0.901. The number of hydrogen-bond acceptors (Lipinski definition) is 2. The first-order chi connectivity index (χ1) is 8.13. The second kappa shape index (κ2) is 7.45. The Kier molecular flexibility index (Phi) is 6.22. The van der Waals surface area contributed by atoms with E-state index >= 15 is 0 Å². The predicted molar refractivity (Wildman–Crippen MR) is 71.9 cm³/mol. The minimum absolute atomic E-state index is 0.246. The summed E-state index contributed by atoms with van der Waals surface area (Å²) in [4.78, 5) is 0. The van der Waals surface area contributed by atoms with Crippen LogP contribution >= 0.6 is 15.9 Å². The zero-order valence-electron chi connectivity index (χ0n) is 9.93. The molecule has 0 bridgehead atoms. The van der Waals surface area contributed by atoms with Crippen molar-refractivity contribution in [2.75, 3.05) is 19.7 Å². The highest BCUT2D eigenvalue weighted by Gasteiger charge is 2.04. The molecule has 0 heterocycles. The number of benzene rings is 1. The molecule has 1 rings (SSSR count). The van der Waals surface area contributed by atoms with Gasteiger partial charge in [-0.25, -0.2) is 4.39 Å². The van der Waals surface area contributed by atoms with E-state index in [1.54, 1.807) is 12.1 Å². The molecule has 0 saturated heterocycles. The second-order valence-corrected chi connectivity index (χ2v) is 4.71. The van der Waals surface area contributed by atoms with Crippen LogP contribution in [0.15, 0.2) is 34.8 Å². The van der Waals surface area contributed by atoms with Crippen LogP contribution in [-0.2, 0) is 0 Å². The van der Waals surface area contributed by atoms with Crippen molar-refractivity contribution in [3.05, 3.63) is 40.6 Å². The molecule has 4 heteroatoms. The van der Waals surface area contributed by atoms with Crippen molar-refractivity contribution in [2.24, 2.45) is 0 Å². The molecule has 0 spiro atoms. The quantitative estimate of drug-likeness (QED) is 0.614. The fourth-order valence-corrected chi connectivity index (χ4v) is 1.60. The van der Waals surface area contributed by atoms with Crippen molar-refractivity contribution in [1.82, 2.24) is 5.32 Å². The van der Waals surface area contributed by atoms with E-state index < -0.39 is 0 Å². The van der Waals surface area contributed by atoms with Crippen LogP contribution in [0.2, 0.25) is 0 Å². The van der Waals surface area contributed by atoms with Gasteiger partial charge in [-0.05, 0) is 36.7 Å². The van der Waals surface area contributed by atoms with Crippen molar-refractivity contribution >= 4 is 15.9 Å². The molecule has 0 aliphatic rings. The van der Waals surface area contributed by atoms with Crippen LogP contribution in [0.3, 0.4) is 0 Å². The molecule has 94 valence electrons. The van der Waals surface area contributed by atoms with Crippen molar-refractivity contribution in [3.8, 4) is 5.75 Å². The van der Waals surface area contributed by atoms with Gasteiger partial charge in [-0.1, -0.05) is 29.4 Å². The summed E-state index contributed by atoms with van der Waals surface area (Å²) in [7, 11) is 0. The van der Waals surface area contributed by atoms with Gasteiger partial charge in [0.05, 0.1) is 0 Å². The van der Waals surface area contributed by atoms with Crippen molar-refractivity contribution in [1.29, 1.82) is 0 Å². The van der Waals surface area contributed by atoms with Gasteiger partial charge in [-0.15, -0.1) is 0 Å². The molecular weight excluding hydrogens is 285 g/mol. The van der Waals surface area contributed by atoms with E-state index in [2.05, 4.69) is 34.7 Å². The zero-order chi connectivity index (χ0) is 12.7. The first-order valence-corrected chi connectivity index (χ1v) is 6.38. The standard InChI is InChI=1S/C13H17BrFNO/c1-3-6-16-8-10(2)9-17-13-7-11(14)4-5-12(13)15/h4-5,7,16H,2-3,6,8-9H2,1H3. The molecule has 0 aliphatic heterocycles. The number of nitrogens with one attached hydrogen (secondary N) is 1. The summed E-state index contributed by atoms with van der Waals surface area (Å²) in [6.07, 6.45) is 1.08. The normalized spacial score (nSPS) is 10.3. The van der Waals surface area contributed by atoms with Gasteiger partial charge < -0.3 is 10.1 Å². The van der Waals surface area contributed by atoms with E-state index in [1.165, 1.54) is 6.07 Å². The number of rotatable bonds is 7. The third-order valence-corrected chi connectivity index (χ3v) is 2.62. The van der Waals surface area contributed by atoms with E-state index in [4.69, 9.17) is 4.74 Å². The summed E-state index contributed by atoms with van der Waals surface area (Å²) >= 11 is 3.27. The van der Waals surface area contributed by atoms with Crippen LogP contribution in [0.5, 0.6) is 5.75 Å². The smallest absolute Gasteiger partial charge is 0.165 e. The largest absolute Gasteiger partial charge is 0.486 e. The van der Waals surface area contributed by atoms with Gasteiger partial charge in [0.2, 0.25) is 0 Å². The molecular formula is C13H17BrFNO. The summed E-state index contributed by atoms with van der Waals surface area (Å²) in [5, 5.41) is 3.21. The maximum Gasteiger partial charge on any atom is 0.165 e. The monoisotopic (exact) mass is 301 g/mol. The highest BCUT2D eigenvalue weighted by molar-refractivity contribution is 9.10. The van der Waals surface area contributed by atoms with Crippen LogP contribution in [0.1, 0.15) is 13.3 Å². The Morgan fingerprint density at radius 2 is 2.29 bits per heavy atom. The Morgan fingerprint density at radius 3 is 3.00 bits per heavy atom. The van der Waals surface area contributed by atoms with Crippen molar-refractivity contribution in [3.63, 3.8) is 0 Å². The lowest BCUT2D eigenvalue weighted by Crippen LogP contribution is -2.20. The van der Waals surface area contributed by atoms with Gasteiger partial charge in [0.15, 0.2) is 11.6 Å². The van der Waals surface area contributed by atoms with E-state index in [1.807, 2.05) is 0 Å². The molecule has 0 atom stereocenters. The highest BCUT2D eigenvalue weighted by Crippen LogP contribution is 2.22. The lowest BCUT2D eigenvalue weighted by molar-refractivity contribution is 0.329. The molecule has 1 aromatic carbocycles. The topological polar surface area (TPSA) is 21.3 Å². The van der Waals surface area contributed by atoms with Gasteiger partial charge >= 0.3 is 0 Å². The molecule has 0 aromatic heterocycles. The Bertz CT molecular complexity index is 382. The fourth-order valence-electron chi connectivity index (χ4n) is 1.26. The van der Waals surface area contributed by atoms with Crippen molar-refractivity contribution in [2.45, 2.75) is 13.3 Å². The summed E-state index contributed by atoms with van der Waals surface area (Å²) in [6.45, 7) is 7.94. The third-order valence-electron chi connectivity index (χ3n) is 2.13. The molecule has 0 saturated carbocycles. The lowest BCUT2D eigenvalue weighted by atomic mass is 10.3. The average Bonchev–Trinajstić information content (AvgIpc) is 2.31. The van der Waals surface area contributed by atoms with Gasteiger partial charge in [0.25, 0.3) is 0 Å². The van der Waals surface area contributed by atoms with E-state index in [0.717, 1.165) is 23.0 Å². The molecule has 0 amide bonds. The molecule has 17 heavy (non-hydrogen) atoms. The van der Waals surface area contributed by atoms with Gasteiger partial charge in [-0.3, -0.25) is 0 Å². The molecule has 0 radical (unpaired) electrons. The first kappa shape index (κ1) is 14.2. The van der Waals surface area contributed by atoms with Gasteiger partial charge in [0.1, 0.15) is 6.61 Å². The Balaban J connectivity index is 2.39. The Labute approximate surface area is 110 Å². The van der Waals surface area contributed by atoms with Crippen LogP contribution in [-0.4, -0.2) is 19.7 Å². The molecule has 2 nitrogen and oxygen atoms in total. The predicted octanol–water partition coefficient (Wildman–Crippen LogP) is 3.52. The zero-order valence-corrected chi connectivity index (χ0v) is 11.5. The molecule has 1 aromatic rings. The number of hydrogen-bond donors (Lipinski definition) is 1. The first-order valence-electron chi connectivity index (χ1n) is 5.58. The van der Waals surface area contributed by atoms with E-state index in [-0.39, 0.29) is 11.6 Å². The third kappa shape index (κ3) is 5.33. The summed E-state index contributed by atoms with van der Waals surface area (Å²) in [5.74, 6) is -0.112. The molecule has 1 N–H and O–H groups in total. The minimum atomic E-state index is -0.359. The fraction of sp³-hybridized carbons (Fsp3) is 0.385. The molecule has 0 aliphatic carbocycles. The summed E-state index contributed by atoms with van der Waals surface area (Å²) < 4.78 is 19.5. The number of ether oxygens (including phenoxy) is 1. The average molecular weight is 302 g/mol. The van der Waals surface area contributed by atoms with Crippen LogP contribution in [0.4, 0.5) is 4.39 Å². The Morgan fingerprint density at radius 1 is 1.53 bits per heavy atom. The highest BCUT2D eigenvalue weighted by atomic mass is 79.9. The van der Waals surface area contributed by atoms with E-state index in [0.29, 0.717) is 13.2 Å². The maximum absolute atomic E-state index is 13.3. The van der Waals surface area contributed by atoms with E-state index in [9.17, 15) is 4.39 Å². The Hall–Kier alpha value is -0.870. The molecule has 0 fully saturated rings. The summed E-state index contributed by atoms with van der Waals surface area (Å²) in [6, 6.07) is 4.62. The number of halogens is 2. The SMILES string of the molecule is C=C(CNCCC)COc1cc(Br)ccc1F. The van der Waals surface area contributed by atoms with Gasteiger partial charge in [0, 0.05) is 11.0 Å². The van der Waals surface area contributed by atoms with Crippen LogP contribution < -0.4 is 10.1 Å². The second-order valence-electron chi connectivity index (χ2n) is 3.79.